The van der Waals surface area contributed by atoms with Crippen molar-refractivity contribution in [2.75, 3.05) is 25.4 Å². The lowest BCUT2D eigenvalue weighted by Gasteiger charge is -2.18. The number of carbonyl (C=O) groups is 1. The number of amides is 1. The number of nitriles is 1. The van der Waals surface area contributed by atoms with E-state index in [4.69, 9.17) is 10.4 Å². The van der Waals surface area contributed by atoms with Crippen LogP contribution in [0.2, 0.25) is 0 Å². The summed E-state index contributed by atoms with van der Waals surface area (Å²) in [5.74, 6) is 0.784. The maximum Gasteiger partial charge on any atom is 0.254 e. The number of hydrogen-bond donors (Lipinski definition) is 1. The van der Waals surface area contributed by atoms with Gasteiger partial charge in [0, 0.05) is 24.6 Å². The molecule has 0 spiro atoms. The zero-order chi connectivity index (χ0) is 14.4. The average Bonchev–Trinajstić information content (AvgIpc) is 2.94. The lowest BCUT2D eigenvalue weighted by atomic mass is 10.1. The lowest BCUT2D eigenvalue weighted by Crippen LogP contribution is -2.29. The number of nitrogens with zero attached hydrogens (tertiary/aromatic N) is 2. The molecule has 1 heterocycles. The molecule has 5 heteroatoms. The Labute approximate surface area is 123 Å². The Bertz CT molecular complexity index is 513. The molecule has 106 valence electrons. The van der Waals surface area contributed by atoms with Gasteiger partial charge in [0.05, 0.1) is 17.4 Å². The van der Waals surface area contributed by atoms with Crippen LogP contribution >= 0.6 is 11.8 Å². The molecule has 1 aromatic rings. The van der Waals surface area contributed by atoms with Gasteiger partial charge in [0.2, 0.25) is 0 Å². The number of aliphatic hydroxyl groups excluding tert-OH is 1. The van der Waals surface area contributed by atoms with Gasteiger partial charge in [0.15, 0.2) is 0 Å². The van der Waals surface area contributed by atoms with E-state index in [-0.39, 0.29) is 12.5 Å². The van der Waals surface area contributed by atoms with Crippen molar-refractivity contribution in [2.45, 2.75) is 17.7 Å². The summed E-state index contributed by atoms with van der Waals surface area (Å²) in [7, 11) is 0. The summed E-state index contributed by atoms with van der Waals surface area (Å²) in [6, 6.07) is 9.53. The number of rotatable bonds is 5. The topological polar surface area (TPSA) is 64.3 Å². The van der Waals surface area contributed by atoms with Gasteiger partial charge in [-0.05, 0) is 30.9 Å². The summed E-state index contributed by atoms with van der Waals surface area (Å²) < 4.78 is 0. The van der Waals surface area contributed by atoms with Crippen molar-refractivity contribution in [1.82, 2.24) is 4.90 Å². The van der Waals surface area contributed by atoms with Crippen LogP contribution in [-0.2, 0) is 0 Å². The molecule has 1 unspecified atom stereocenters. The van der Waals surface area contributed by atoms with Gasteiger partial charge in [0.25, 0.3) is 5.91 Å². The second-order valence-corrected chi connectivity index (χ2v) is 5.88. The highest BCUT2D eigenvalue weighted by Gasteiger charge is 2.27. The minimum atomic E-state index is 0.0338. The predicted molar refractivity (Wildman–Crippen MR) is 78.5 cm³/mol. The first kappa shape index (κ1) is 14.9. The van der Waals surface area contributed by atoms with E-state index in [2.05, 4.69) is 6.07 Å². The van der Waals surface area contributed by atoms with E-state index in [1.165, 1.54) is 11.8 Å². The smallest absolute Gasteiger partial charge is 0.254 e. The second-order valence-electron chi connectivity index (χ2n) is 4.86. The van der Waals surface area contributed by atoms with E-state index < -0.39 is 0 Å². The molecule has 0 radical (unpaired) electrons. The van der Waals surface area contributed by atoms with Crippen LogP contribution < -0.4 is 0 Å². The molecular weight excluding hydrogens is 272 g/mol. The molecule has 1 N–H and O–H groups in total. The van der Waals surface area contributed by atoms with E-state index in [1.54, 1.807) is 0 Å². The quantitative estimate of drug-likeness (QED) is 0.844. The molecule has 0 bridgehead atoms. The van der Waals surface area contributed by atoms with E-state index in [9.17, 15) is 4.79 Å². The van der Waals surface area contributed by atoms with Crippen LogP contribution in [0.5, 0.6) is 0 Å². The highest BCUT2D eigenvalue weighted by atomic mass is 32.2. The maximum absolute atomic E-state index is 12.5. The molecule has 2 rings (SSSR count). The molecule has 1 fully saturated rings. The van der Waals surface area contributed by atoms with E-state index in [0.717, 1.165) is 30.8 Å². The van der Waals surface area contributed by atoms with Crippen LogP contribution in [0.3, 0.4) is 0 Å². The zero-order valence-corrected chi connectivity index (χ0v) is 12.1. The Morgan fingerprint density at radius 3 is 3.05 bits per heavy atom. The monoisotopic (exact) mass is 290 g/mol. The van der Waals surface area contributed by atoms with Gasteiger partial charge < -0.3 is 10.0 Å². The first-order valence-corrected chi connectivity index (χ1v) is 7.73. The van der Waals surface area contributed by atoms with Crippen molar-refractivity contribution >= 4 is 17.7 Å². The summed E-state index contributed by atoms with van der Waals surface area (Å²) in [6.45, 7) is 1.65. The molecule has 0 aliphatic carbocycles. The summed E-state index contributed by atoms with van der Waals surface area (Å²) >= 11 is 1.40. The first-order chi connectivity index (χ1) is 9.76. The van der Waals surface area contributed by atoms with Gasteiger partial charge in [-0.2, -0.15) is 5.26 Å². The Balaban J connectivity index is 2.08. The predicted octanol–water partition coefficient (Wildman–Crippen LogP) is 2.15. The highest BCUT2D eigenvalue weighted by Crippen LogP contribution is 2.26. The number of benzene rings is 1. The fourth-order valence-electron chi connectivity index (χ4n) is 2.48. The van der Waals surface area contributed by atoms with Gasteiger partial charge in [-0.25, -0.2) is 0 Å². The highest BCUT2D eigenvalue weighted by molar-refractivity contribution is 7.99. The number of likely N-dealkylation sites (tertiary alicyclic amines) is 1. The van der Waals surface area contributed by atoms with Crippen molar-refractivity contribution in [3.8, 4) is 6.07 Å². The molecular formula is C15H18N2O2S. The Morgan fingerprint density at radius 1 is 1.50 bits per heavy atom. The van der Waals surface area contributed by atoms with Crippen molar-refractivity contribution in [2.24, 2.45) is 5.92 Å². The fraction of sp³-hybridized carbons (Fsp3) is 0.467. The minimum absolute atomic E-state index is 0.0338. The van der Waals surface area contributed by atoms with Crippen LogP contribution in [0.4, 0.5) is 0 Å². The number of thioether (sulfide) groups is 1. The summed E-state index contributed by atoms with van der Waals surface area (Å²) in [5, 5.41) is 17.6. The van der Waals surface area contributed by atoms with E-state index in [1.807, 2.05) is 29.2 Å². The van der Waals surface area contributed by atoms with Gasteiger partial charge in [-0.3, -0.25) is 4.79 Å². The Morgan fingerprint density at radius 2 is 2.30 bits per heavy atom. The molecule has 4 nitrogen and oxygen atoms in total. The van der Waals surface area contributed by atoms with Crippen LogP contribution in [0.25, 0.3) is 0 Å². The Hall–Kier alpha value is -1.51. The van der Waals surface area contributed by atoms with Gasteiger partial charge in [-0.15, -0.1) is 11.8 Å². The van der Waals surface area contributed by atoms with E-state index >= 15 is 0 Å². The maximum atomic E-state index is 12.5. The number of hydrogen-bond acceptors (Lipinski definition) is 4. The summed E-state index contributed by atoms with van der Waals surface area (Å²) in [6.07, 6.45) is 1.72. The van der Waals surface area contributed by atoms with Crippen molar-refractivity contribution in [3.63, 3.8) is 0 Å². The summed E-state index contributed by atoms with van der Waals surface area (Å²) in [5.41, 5.74) is 0.678. The normalized spacial score (nSPS) is 18.0. The third kappa shape index (κ3) is 3.53. The van der Waals surface area contributed by atoms with Crippen LogP contribution in [0.1, 0.15) is 23.2 Å². The average molecular weight is 290 g/mol. The van der Waals surface area contributed by atoms with Gasteiger partial charge >= 0.3 is 0 Å². The Kier molecular flexibility index (Phi) is 5.45. The molecule has 1 aliphatic heterocycles. The van der Waals surface area contributed by atoms with Crippen molar-refractivity contribution < 1.29 is 9.90 Å². The zero-order valence-electron chi connectivity index (χ0n) is 11.3. The molecule has 1 aromatic carbocycles. The fourth-order valence-corrected chi connectivity index (χ4v) is 3.19. The third-order valence-electron chi connectivity index (χ3n) is 3.52. The summed E-state index contributed by atoms with van der Waals surface area (Å²) in [4.78, 5) is 15.3. The molecule has 1 aliphatic rings. The largest absolute Gasteiger partial charge is 0.396 e. The van der Waals surface area contributed by atoms with Crippen molar-refractivity contribution in [1.29, 1.82) is 5.26 Å². The third-order valence-corrected chi connectivity index (χ3v) is 4.46. The van der Waals surface area contributed by atoms with Gasteiger partial charge in [0.1, 0.15) is 0 Å². The molecule has 1 amide bonds. The van der Waals surface area contributed by atoms with Gasteiger partial charge in [-0.1, -0.05) is 12.1 Å². The molecule has 0 aromatic heterocycles. The van der Waals surface area contributed by atoms with Crippen LogP contribution in [0, 0.1) is 17.2 Å². The molecule has 1 saturated heterocycles. The van der Waals surface area contributed by atoms with E-state index in [0.29, 0.717) is 17.2 Å². The van der Waals surface area contributed by atoms with Crippen LogP contribution in [0.15, 0.2) is 29.2 Å². The molecule has 0 saturated carbocycles. The molecule has 20 heavy (non-hydrogen) atoms. The van der Waals surface area contributed by atoms with Crippen LogP contribution in [-0.4, -0.2) is 41.4 Å². The standard InChI is InChI=1S/C15H18N2O2S/c16-7-10-20-14-4-2-1-3-13(14)15(19)17-8-5-12(11-17)6-9-18/h1-4,12,18H,5-6,8-11H2. The SMILES string of the molecule is N#CCSc1ccccc1C(=O)N1CCC(CCO)C1. The number of carbonyl (C=O) groups excluding carboxylic acids is 1. The molecule has 1 atom stereocenters. The second kappa shape index (κ2) is 7.32. The first-order valence-electron chi connectivity index (χ1n) is 6.75. The van der Waals surface area contributed by atoms with Crippen molar-refractivity contribution in [3.05, 3.63) is 29.8 Å². The lowest BCUT2D eigenvalue weighted by molar-refractivity contribution is 0.0781. The minimum Gasteiger partial charge on any atom is -0.396 e. The number of aliphatic hydroxyl groups is 1.